The van der Waals surface area contributed by atoms with Gasteiger partial charge in [-0.3, -0.25) is 0 Å². The normalized spacial score (nSPS) is 3.25. The van der Waals surface area contributed by atoms with Gasteiger partial charge < -0.3 is 1.43 Å². The molecule has 0 spiro atoms. The standard InChI is InChI=1S/CH2S2.K.H/c2-1-3;;/h1H,(H,2,3);;/q;+1;-1. The van der Waals surface area contributed by atoms with Crippen molar-refractivity contribution in [3.63, 3.8) is 0 Å². The summed E-state index contributed by atoms with van der Waals surface area (Å²) in [5.74, 6) is 0. The van der Waals surface area contributed by atoms with Gasteiger partial charge in [0, 0.05) is 4.70 Å². The number of hydrogen-bond donors (Lipinski definition) is 1. The Labute approximate surface area is 80.7 Å². The first kappa shape index (κ1) is 9.42. The summed E-state index contributed by atoms with van der Waals surface area (Å²) in [6, 6.07) is 0. The molecular formula is CH3KS2. The largest absolute Gasteiger partial charge is 1.00 e. The first-order valence-electron chi connectivity index (χ1n) is 0.494. The Morgan fingerprint density at radius 3 is 2.00 bits per heavy atom. The molecule has 0 bridgehead atoms. The molecule has 0 nitrogen and oxygen atoms in total. The van der Waals surface area contributed by atoms with E-state index in [0.717, 1.165) is 0 Å². The van der Waals surface area contributed by atoms with E-state index in [1.54, 1.807) is 0 Å². The van der Waals surface area contributed by atoms with Crippen molar-refractivity contribution in [3.05, 3.63) is 0 Å². The summed E-state index contributed by atoms with van der Waals surface area (Å²) in [5.41, 5.74) is 0. The van der Waals surface area contributed by atoms with Gasteiger partial charge in [0.25, 0.3) is 0 Å². The molecule has 0 saturated carbocycles. The van der Waals surface area contributed by atoms with Crippen molar-refractivity contribution in [2.45, 2.75) is 0 Å². The molecule has 0 aliphatic heterocycles. The molecule has 0 unspecified atom stereocenters. The van der Waals surface area contributed by atoms with Crippen LogP contribution < -0.4 is 51.4 Å². The van der Waals surface area contributed by atoms with Crippen molar-refractivity contribution in [3.8, 4) is 0 Å². The summed E-state index contributed by atoms with van der Waals surface area (Å²) in [5, 5.41) is 0. The molecule has 0 aromatic heterocycles. The van der Waals surface area contributed by atoms with Crippen LogP contribution in [0, 0.1) is 0 Å². The van der Waals surface area contributed by atoms with Crippen LogP contribution >= 0.6 is 24.8 Å². The van der Waals surface area contributed by atoms with E-state index in [-0.39, 0.29) is 52.8 Å². The van der Waals surface area contributed by atoms with E-state index in [9.17, 15) is 0 Å². The van der Waals surface area contributed by atoms with E-state index in [0.29, 0.717) is 0 Å². The van der Waals surface area contributed by atoms with E-state index in [1.165, 1.54) is 4.70 Å². The van der Waals surface area contributed by atoms with Gasteiger partial charge in [0.15, 0.2) is 0 Å². The Hall–Kier alpha value is 2.08. The van der Waals surface area contributed by atoms with Gasteiger partial charge in [-0.1, -0.05) is 12.2 Å². The van der Waals surface area contributed by atoms with Crippen molar-refractivity contribution < 1.29 is 52.8 Å². The molecule has 4 heavy (non-hydrogen) atoms. The fourth-order valence-corrected chi connectivity index (χ4v) is 0. The molecule has 0 N–H and O–H groups in total. The molecule has 0 aromatic carbocycles. The second-order valence-electron chi connectivity index (χ2n) is 0.105. The first-order valence-corrected chi connectivity index (χ1v) is 1.48. The van der Waals surface area contributed by atoms with Crippen LogP contribution in [0.4, 0.5) is 0 Å². The van der Waals surface area contributed by atoms with Crippen molar-refractivity contribution in [2.24, 2.45) is 0 Å². The molecule has 0 heterocycles. The molecule has 0 rings (SSSR count). The van der Waals surface area contributed by atoms with Gasteiger partial charge in [-0.25, -0.2) is 0 Å². The summed E-state index contributed by atoms with van der Waals surface area (Å²) in [6.45, 7) is 0. The molecule has 0 aliphatic carbocycles. The van der Waals surface area contributed by atoms with Crippen LogP contribution in [0.3, 0.4) is 0 Å². The van der Waals surface area contributed by atoms with Crippen LogP contribution in [-0.2, 0) is 0 Å². The quantitative estimate of drug-likeness (QED) is 0.218. The SMILES string of the molecule is S=CS.[H-].[K+]. The van der Waals surface area contributed by atoms with Crippen molar-refractivity contribution >= 4 is 29.5 Å². The van der Waals surface area contributed by atoms with Gasteiger partial charge in [0.2, 0.25) is 0 Å². The second-order valence-corrected chi connectivity index (χ2v) is 0.949. The van der Waals surface area contributed by atoms with Crippen LogP contribution in [0.2, 0.25) is 0 Å². The number of rotatable bonds is 0. The Morgan fingerprint density at radius 1 is 2.00 bits per heavy atom. The van der Waals surface area contributed by atoms with Crippen molar-refractivity contribution in [2.75, 3.05) is 0 Å². The topological polar surface area (TPSA) is 0 Å². The predicted octanol–water partition coefficient (Wildman–Crippen LogP) is -2.01. The minimum Gasteiger partial charge on any atom is -1.00 e. The Balaban J connectivity index is -0.0000000200. The summed E-state index contributed by atoms with van der Waals surface area (Å²) in [6.07, 6.45) is 0. The van der Waals surface area contributed by atoms with Crippen molar-refractivity contribution in [1.82, 2.24) is 0 Å². The zero-order valence-electron chi connectivity index (χ0n) is 3.43. The van der Waals surface area contributed by atoms with Gasteiger partial charge in [-0.05, 0) is 0 Å². The molecule has 0 atom stereocenters. The molecule has 3 heteroatoms. The molecule has 0 saturated heterocycles. The zero-order chi connectivity index (χ0) is 2.71. The van der Waals surface area contributed by atoms with E-state index in [2.05, 4.69) is 24.8 Å². The third kappa shape index (κ3) is 8.95. The summed E-state index contributed by atoms with van der Waals surface area (Å²) in [7, 11) is 0. The van der Waals surface area contributed by atoms with Gasteiger partial charge in [0.05, 0.1) is 0 Å². The molecule has 0 aromatic rings. The van der Waals surface area contributed by atoms with Crippen LogP contribution in [0.5, 0.6) is 0 Å². The molecule has 20 valence electrons. The smallest absolute Gasteiger partial charge is 1.00 e. The maximum Gasteiger partial charge on any atom is 1.00 e. The number of hydrogen-bond acceptors (Lipinski definition) is 1. The Bertz CT molecular complexity index is 17.1. The van der Waals surface area contributed by atoms with Gasteiger partial charge in [-0.2, -0.15) is 0 Å². The Kier molecular flexibility index (Phi) is 21.0. The minimum absolute atomic E-state index is 0. The number of thiocarbonyl (C=S) groups is 1. The average Bonchev–Trinajstić information content (AvgIpc) is 0.918. The van der Waals surface area contributed by atoms with Gasteiger partial charge in [0.1, 0.15) is 0 Å². The van der Waals surface area contributed by atoms with Crippen LogP contribution in [0.1, 0.15) is 1.43 Å². The minimum atomic E-state index is 0. The van der Waals surface area contributed by atoms with E-state index >= 15 is 0 Å². The Morgan fingerprint density at radius 2 is 2.00 bits per heavy atom. The van der Waals surface area contributed by atoms with Gasteiger partial charge >= 0.3 is 51.4 Å². The van der Waals surface area contributed by atoms with Gasteiger partial charge in [-0.15, -0.1) is 12.6 Å². The van der Waals surface area contributed by atoms with Crippen molar-refractivity contribution in [1.29, 1.82) is 0 Å². The average molecular weight is 118 g/mol. The van der Waals surface area contributed by atoms with E-state index in [1.807, 2.05) is 0 Å². The summed E-state index contributed by atoms with van der Waals surface area (Å²) >= 11 is 7.61. The molecule has 0 fully saturated rings. The molecule has 0 radical (unpaired) electrons. The fraction of sp³-hybridized carbons (Fsp3) is 0. The molecule has 0 aliphatic rings. The maximum absolute atomic E-state index is 4.13. The monoisotopic (exact) mass is 118 g/mol. The zero-order valence-corrected chi connectivity index (χ0v) is 7.27. The van der Waals surface area contributed by atoms with Crippen LogP contribution in [-0.4, -0.2) is 4.70 Å². The maximum atomic E-state index is 4.13. The first-order chi connectivity index (χ1) is 1.41. The molecule has 0 amide bonds. The third-order valence-corrected chi connectivity index (χ3v) is 0. The summed E-state index contributed by atoms with van der Waals surface area (Å²) in [4.78, 5) is 0. The van der Waals surface area contributed by atoms with E-state index < -0.39 is 0 Å². The number of thiol groups is 1. The third-order valence-electron chi connectivity index (χ3n) is 0. The second kappa shape index (κ2) is 8.91. The van der Waals surface area contributed by atoms with E-state index in [4.69, 9.17) is 0 Å². The molecular weight excluding hydrogens is 115 g/mol. The fourth-order valence-electron chi connectivity index (χ4n) is 0. The summed E-state index contributed by atoms with van der Waals surface area (Å²) < 4.78 is 1.28. The van der Waals surface area contributed by atoms with Crippen LogP contribution in [0.15, 0.2) is 0 Å². The predicted molar refractivity (Wildman–Crippen MR) is 23.8 cm³/mol. The van der Waals surface area contributed by atoms with Crippen LogP contribution in [0.25, 0.3) is 0 Å².